The number of ether oxygens (including phenoxy) is 1. The topological polar surface area (TPSA) is 29.5 Å². The number of anilines is 1. The van der Waals surface area contributed by atoms with Crippen LogP contribution in [0.3, 0.4) is 0 Å². The molecule has 5 heteroatoms. The third-order valence-electron chi connectivity index (χ3n) is 2.18. The van der Waals surface area contributed by atoms with E-state index in [1.807, 2.05) is 6.92 Å². The number of halogens is 2. The zero-order valence-corrected chi connectivity index (χ0v) is 9.55. The van der Waals surface area contributed by atoms with Crippen LogP contribution < -0.4 is 4.90 Å². The van der Waals surface area contributed by atoms with Gasteiger partial charge in [-0.15, -0.1) is 0 Å². The first-order valence-electron chi connectivity index (χ1n) is 4.51. The van der Waals surface area contributed by atoms with Gasteiger partial charge in [0.15, 0.2) is 0 Å². The van der Waals surface area contributed by atoms with Crippen LogP contribution in [0.25, 0.3) is 0 Å². The van der Waals surface area contributed by atoms with Gasteiger partial charge in [-0.05, 0) is 25.1 Å². The lowest BCUT2D eigenvalue weighted by Gasteiger charge is -2.13. The fourth-order valence-corrected chi connectivity index (χ4v) is 1.76. The highest BCUT2D eigenvalue weighted by molar-refractivity contribution is 6.42. The highest BCUT2D eigenvalue weighted by Crippen LogP contribution is 2.29. The number of rotatable bonds is 1. The second-order valence-corrected chi connectivity index (χ2v) is 4.22. The SMILES string of the molecule is CC1CN(c2ccc(Cl)c(Cl)c2)C(=O)O1. The van der Waals surface area contributed by atoms with Gasteiger partial charge >= 0.3 is 6.09 Å². The van der Waals surface area contributed by atoms with Crippen LogP contribution in [-0.4, -0.2) is 18.7 Å². The number of amides is 1. The maximum absolute atomic E-state index is 11.4. The Morgan fingerprint density at radius 2 is 2.13 bits per heavy atom. The molecule has 1 heterocycles. The lowest BCUT2D eigenvalue weighted by molar-refractivity contribution is 0.150. The predicted octanol–water partition coefficient (Wildman–Crippen LogP) is 3.34. The van der Waals surface area contributed by atoms with E-state index in [1.165, 1.54) is 4.90 Å². The first kappa shape index (κ1) is 10.6. The minimum absolute atomic E-state index is 0.0908. The molecule has 1 aliphatic rings. The van der Waals surface area contributed by atoms with E-state index in [2.05, 4.69) is 0 Å². The summed E-state index contributed by atoms with van der Waals surface area (Å²) in [6, 6.07) is 5.06. The van der Waals surface area contributed by atoms with E-state index in [9.17, 15) is 4.79 Å². The largest absolute Gasteiger partial charge is 0.444 e. The van der Waals surface area contributed by atoms with Gasteiger partial charge < -0.3 is 4.74 Å². The molecule has 1 aromatic carbocycles. The summed E-state index contributed by atoms with van der Waals surface area (Å²) in [5.41, 5.74) is 0.707. The van der Waals surface area contributed by atoms with E-state index < -0.39 is 0 Å². The maximum Gasteiger partial charge on any atom is 0.414 e. The van der Waals surface area contributed by atoms with Crippen LogP contribution >= 0.6 is 23.2 Å². The van der Waals surface area contributed by atoms with E-state index >= 15 is 0 Å². The Kier molecular flexibility index (Phi) is 2.76. The number of nitrogens with zero attached hydrogens (tertiary/aromatic N) is 1. The number of hydrogen-bond donors (Lipinski definition) is 0. The molecule has 1 unspecified atom stereocenters. The molecule has 1 atom stereocenters. The minimum atomic E-state index is -0.346. The van der Waals surface area contributed by atoms with E-state index in [4.69, 9.17) is 27.9 Å². The summed E-state index contributed by atoms with van der Waals surface area (Å²) < 4.78 is 5.01. The molecule has 2 rings (SSSR count). The summed E-state index contributed by atoms with van der Waals surface area (Å²) in [4.78, 5) is 12.9. The van der Waals surface area contributed by atoms with Crippen molar-refractivity contribution < 1.29 is 9.53 Å². The second kappa shape index (κ2) is 3.91. The molecule has 1 fully saturated rings. The monoisotopic (exact) mass is 245 g/mol. The molecule has 0 spiro atoms. The van der Waals surface area contributed by atoms with Crippen molar-refractivity contribution in [2.24, 2.45) is 0 Å². The smallest absolute Gasteiger partial charge is 0.414 e. The third kappa shape index (κ3) is 2.03. The van der Waals surface area contributed by atoms with Gasteiger partial charge in [0, 0.05) is 5.69 Å². The Hall–Kier alpha value is -0.930. The number of hydrogen-bond acceptors (Lipinski definition) is 2. The summed E-state index contributed by atoms with van der Waals surface area (Å²) in [6.45, 7) is 2.38. The van der Waals surface area contributed by atoms with Crippen LogP contribution in [0.1, 0.15) is 6.92 Å². The molecular formula is C10H9Cl2NO2. The summed E-state index contributed by atoms with van der Waals surface area (Å²) >= 11 is 11.7. The van der Waals surface area contributed by atoms with Gasteiger partial charge in [0.1, 0.15) is 6.10 Å². The zero-order chi connectivity index (χ0) is 11.0. The van der Waals surface area contributed by atoms with Crippen LogP contribution in [0, 0.1) is 0 Å². The highest BCUT2D eigenvalue weighted by atomic mass is 35.5. The number of carbonyl (C=O) groups is 1. The van der Waals surface area contributed by atoms with Crippen molar-refractivity contribution in [2.45, 2.75) is 13.0 Å². The average Bonchev–Trinajstić information content (AvgIpc) is 2.50. The maximum atomic E-state index is 11.4. The van der Waals surface area contributed by atoms with Gasteiger partial charge in [0.25, 0.3) is 0 Å². The van der Waals surface area contributed by atoms with Gasteiger partial charge in [-0.25, -0.2) is 4.79 Å². The Balaban J connectivity index is 2.30. The molecule has 1 saturated heterocycles. The van der Waals surface area contributed by atoms with Gasteiger partial charge in [-0.1, -0.05) is 23.2 Å². The Morgan fingerprint density at radius 3 is 2.67 bits per heavy atom. The fraction of sp³-hybridized carbons (Fsp3) is 0.300. The quantitative estimate of drug-likeness (QED) is 0.760. The van der Waals surface area contributed by atoms with Gasteiger partial charge in [0.05, 0.1) is 16.6 Å². The summed E-state index contributed by atoms with van der Waals surface area (Å²) in [7, 11) is 0. The Morgan fingerprint density at radius 1 is 1.40 bits per heavy atom. The van der Waals surface area contributed by atoms with Crippen LogP contribution in [0.4, 0.5) is 10.5 Å². The average molecular weight is 246 g/mol. The molecule has 1 amide bonds. The number of cyclic esters (lactones) is 1. The summed E-state index contributed by atoms with van der Waals surface area (Å²) in [5, 5.41) is 0.905. The predicted molar refractivity (Wildman–Crippen MR) is 59.8 cm³/mol. The van der Waals surface area contributed by atoms with E-state index in [0.717, 1.165) is 0 Å². The number of benzene rings is 1. The van der Waals surface area contributed by atoms with Crippen molar-refractivity contribution in [3.8, 4) is 0 Å². The van der Waals surface area contributed by atoms with Crippen LogP contribution in [0.5, 0.6) is 0 Å². The minimum Gasteiger partial charge on any atom is -0.444 e. The van der Waals surface area contributed by atoms with E-state index in [-0.39, 0.29) is 12.2 Å². The van der Waals surface area contributed by atoms with Crippen molar-refractivity contribution in [1.29, 1.82) is 0 Å². The highest BCUT2D eigenvalue weighted by Gasteiger charge is 2.29. The van der Waals surface area contributed by atoms with Crippen molar-refractivity contribution >= 4 is 35.0 Å². The van der Waals surface area contributed by atoms with Crippen LogP contribution in [0.15, 0.2) is 18.2 Å². The van der Waals surface area contributed by atoms with Crippen molar-refractivity contribution in [2.75, 3.05) is 11.4 Å². The molecule has 0 N–H and O–H groups in total. The van der Waals surface area contributed by atoms with Crippen LogP contribution in [0.2, 0.25) is 10.0 Å². The second-order valence-electron chi connectivity index (χ2n) is 3.40. The van der Waals surface area contributed by atoms with Gasteiger partial charge in [-0.3, -0.25) is 4.90 Å². The van der Waals surface area contributed by atoms with Crippen LogP contribution in [-0.2, 0) is 4.74 Å². The van der Waals surface area contributed by atoms with Gasteiger partial charge in [0.2, 0.25) is 0 Å². The van der Waals surface area contributed by atoms with E-state index in [0.29, 0.717) is 22.3 Å². The number of carbonyl (C=O) groups excluding carboxylic acids is 1. The molecule has 1 aliphatic heterocycles. The molecule has 0 bridgehead atoms. The lowest BCUT2D eigenvalue weighted by Crippen LogP contribution is -2.23. The molecule has 15 heavy (non-hydrogen) atoms. The molecule has 0 saturated carbocycles. The van der Waals surface area contributed by atoms with Crippen molar-refractivity contribution in [3.63, 3.8) is 0 Å². The molecule has 1 aromatic rings. The molecule has 0 radical (unpaired) electrons. The standard InChI is InChI=1S/C10H9Cl2NO2/c1-6-5-13(10(14)15-6)7-2-3-8(11)9(12)4-7/h2-4,6H,5H2,1H3. The first-order valence-corrected chi connectivity index (χ1v) is 5.26. The summed E-state index contributed by atoms with van der Waals surface area (Å²) in [6.07, 6.45) is -0.437. The fourth-order valence-electron chi connectivity index (χ4n) is 1.47. The van der Waals surface area contributed by atoms with E-state index in [1.54, 1.807) is 18.2 Å². The molecule has 0 aromatic heterocycles. The molecule has 80 valence electrons. The molecule has 3 nitrogen and oxygen atoms in total. The lowest BCUT2D eigenvalue weighted by atomic mass is 10.3. The van der Waals surface area contributed by atoms with Gasteiger partial charge in [-0.2, -0.15) is 0 Å². The summed E-state index contributed by atoms with van der Waals surface area (Å²) in [5.74, 6) is 0. The third-order valence-corrected chi connectivity index (χ3v) is 2.92. The van der Waals surface area contributed by atoms with Crippen molar-refractivity contribution in [3.05, 3.63) is 28.2 Å². The zero-order valence-electron chi connectivity index (χ0n) is 8.04. The first-order chi connectivity index (χ1) is 7.08. The molecular weight excluding hydrogens is 237 g/mol. The van der Waals surface area contributed by atoms with Crippen molar-refractivity contribution in [1.82, 2.24) is 0 Å². The normalized spacial score (nSPS) is 20.6. The Bertz CT molecular complexity index is 408. The Labute approximate surface area is 97.5 Å². The molecule has 0 aliphatic carbocycles.